The maximum atomic E-state index is 9.58. The molecular weight excluding hydrogens is 322 g/mol. The lowest BCUT2D eigenvalue weighted by atomic mass is 9.72. The lowest BCUT2D eigenvalue weighted by molar-refractivity contribution is 0.360. The molecule has 1 spiro atoms. The van der Waals surface area contributed by atoms with Crippen molar-refractivity contribution < 1.29 is 0 Å². The summed E-state index contributed by atoms with van der Waals surface area (Å²) >= 11 is 0. The number of aryl methyl sites for hydroxylation is 1. The van der Waals surface area contributed by atoms with Crippen LogP contribution in [-0.4, -0.2) is 29.6 Å². The molecule has 1 saturated heterocycles. The SMILES string of the molecule is C[C@@H]1CCc2ncnc(N3CCC4(CC3)CNc3cccc(C#N)c34)c21. The standard InChI is InChI=1S/C21H23N5/c1-14-5-6-16-18(14)20(25-13-24-16)26-9-7-21(8-10-26)12-23-17-4-2-3-15(11-22)19(17)21/h2-4,13-14,23H,5-10,12H2,1H3/t14-/m1/s1. The Balaban J connectivity index is 1.45. The monoisotopic (exact) mass is 345 g/mol. The highest BCUT2D eigenvalue weighted by molar-refractivity contribution is 5.67. The number of nitrogens with one attached hydrogen (secondary N) is 1. The minimum Gasteiger partial charge on any atom is -0.384 e. The van der Waals surface area contributed by atoms with Gasteiger partial charge >= 0.3 is 0 Å². The van der Waals surface area contributed by atoms with E-state index in [0.29, 0.717) is 5.92 Å². The fourth-order valence-electron chi connectivity index (χ4n) is 5.17. The van der Waals surface area contributed by atoms with E-state index in [4.69, 9.17) is 0 Å². The quantitative estimate of drug-likeness (QED) is 0.858. The van der Waals surface area contributed by atoms with Crippen molar-refractivity contribution in [1.29, 1.82) is 5.26 Å². The molecule has 132 valence electrons. The topological polar surface area (TPSA) is 64.8 Å². The molecule has 26 heavy (non-hydrogen) atoms. The summed E-state index contributed by atoms with van der Waals surface area (Å²) in [6, 6.07) is 8.45. The number of aromatic nitrogens is 2. The summed E-state index contributed by atoms with van der Waals surface area (Å²) in [7, 11) is 0. The van der Waals surface area contributed by atoms with Gasteiger partial charge in [0.2, 0.25) is 0 Å². The number of piperidine rings is 1. The molecule has 1 N–H and O–H groups in total. The first-order chi connectivity index (χ1) is 12.7. The fourth-order valence-corrected chi connectivity index (χ4v) is 5.17. The summed E-state index contributed by atoms with van der Waals surface area (Å²) < 4.78 is 0. The minimum absolute atomic E-state index is 0.0833. The van der Waals surface area contributed by atoms with Crippen LogP contribution in [0.5, 0.6) is 0 Å². The molecule has 1 atom stereocenters. The normalized spacial score (nSPS) is 22.6. The zero-order chi connectivity index (χ0) is 17.7. The summed E-state index contributed by atoms with van der Waals surface area (Å²) in [5.74, 6) is 1.70. The van der Waals surface area contributed by atoms with Crippen LogP contribution in [-0.2, 0) is 11.8 Å². The van der Waals surface area contributed by atoms with Crippen LogP contribution in [0.25, 0.3) is 0 Å². The molecule has 0 unspecified atom stereocenters. The van der Waals surface area contributed by atoms with Crippen molar-refractivity contribution in [2.45, 2.75) is 43.9 Å². The van der Waals surface area contributed by atoms with E-state index < -0.39 is 0 Å². The maximum absolute atomic E-state index is 9.58. The van der Waals surface area contributed by atoms with Crippen molar-refractivity contribution in [3.63, 3.8) is 0 Å². The number of fused-ring (bicyclic) bond motifs is 3. The molecule has 0 amide bonds. The molecule has 2 aliphatic heterocycles. The van der Waals surface area contributed by atoms with E-state index in [1.807, 2.05) is 12.1 Å². The van der Waals surface area contributed by atoms with E-state index in [1.165, 1.54) is 23.2 Å². The summed E-state index contributed by atoms with van der Waals surface area (Å²) in [4.78, 5) is 11.6. The maximum Gasteiger partial charge on any atom is 0.135 e. The van der Waals surface area contributed by atoms with Gasteiger partial charge < -0.3 is 10.2 Å². The van der Waals surface area contributed by atoms with E-state index in [0.717, 1.165) is 56.0 Å². The van der Waals surface area contributed by atoms with E-state index in [-0.39, 0.29) is 5.41 Å². The first-order valence-electron chi connectivity index (χ1n) is 9.58. The second kappa shape index (κ2) is 5.70. The molecule has 2 aromatic rings. The average molecular weight is 345 g/mol. The van der Waals surface area contributed by atoms with Crippen LogP contribution in [0.3, 0.4) is 0 Å². The third-order valence-corrected chi connectivity index (χ3v) is 6.60. The Bertz CT molecular complexity index is 905. The van der Waals surface area contributed by atoms with Gasteiger partial charge in [-0.25, -0.2) is 9.97 Å². The lowest BCUT2D eigenvalue weighted by Gasteiger charge is -2.40. The van der Waals surface area contributed by atoms with Gasteiger partial charge in [0, 0.05) is 47.6 Å². The molecule has 3 aliphatic rings. The van der Waals surface area contributed by atoms with Gasteiger partial charge in [0.05, 0.1) is 11.6 Å². The molecule has 1 fully saturated rings. The van der Waals surface area contributed by atoms with Crippen molar-refractivity contribution >= 4 is 11.5 Å². The Morgan fingerprint density at radius 3 is 2.92 bits per heavy atom. The van der Waals surface area contributed by atoms with Crippen LogP contribution in [0.1, 0.15) is 54.5 Å². The first-order valence-corrected chi connectivity index (χ1v) is 9.58. The van der Waals surface area contributed by atoms with Crippen molar-refractivity contribution in [3.8, 4) is 6.07 Å². The minimum atomic E-state index is 0.0833. The highest BCUT2D eigenvalue weighted by Crippen LogP contribution is 2.47. The Labute approximate surface area is 154 Å². The third kappa shape index (κ3) is 2.14. The number of hydrogen-bond acceptors (Lipinski definition) is 5. The molecule has 0 saturated carbocycles. The Morgan fingerprint density at radius 1 is 1.27 bits per heavy atom. The van der Waals surface area contributed by atoms with Gasteiger partial charge in [0.15, 0.2) is 0 Å². The molecule has 5 nitrogen and oxygen atoms in total. The zero-order valence-electron chi connectivity index (χ0n) is 15.1. The van der Waals surface area contributed by atoms with Gasteiger partial charge in [-0.2, -0.15) is 5.26 Å². The number of benzene rings is 1. The van der Waals surface area contributed by atoms with Crippen LogP contribution in [0.15, 0.2) is 24.5 Å². The lowest BCUT2D eigenvalue weighted by Crippen LogP contribution is -2.44. The Hall–Kier alpha value is -2.61. The van der Waals surface area contributed by atoms with Gasteiger partial charge in [0.1, 0.15) is 12.1 Å². The molecule has 1 aliphatic carbocycles. The first kappa shape index (κ1) is 15.6. The Kier molecular flexibility index (Phi) is 3.43. The van der Waals surface area contributed by atoms with E-state index >= 15 is 0 Å². The summed E-state index contributed by atoms with van der Waals surface area (Å²) in [6.45, 7) is 5.20. The van der Waals surface area contributed by atoms with Crippen molar-refractivity contribution in [2.24, 2.45) is 0 Å². The van der Waals surface area contributed by atoms with Crippen LogP contribution in [0.2, 0.25) is 0 Å². The molecule has 1 aromatic heterocycles. The fraction of sp³-hybridized carbons (Fsp3) is 0.476. The predicted octanol–water partition coefficient (Wildman–Crippen LogP) is 3.36. The number of rotatable bonds is 1. The van der Waals surface area contributed by atoms with Gasteiger partial charge in [0.25, 0.3) is 0 Å². The second-order valence-electron chi connectivity index (χ2n) is 7.96. The van der Waals surface area contributed by atoms with Crippen molar-refractivity contribution in [2.75, 3.05) is 29.9 Å². The van der Waals surface area contributed by atoms with Gasteiger partial charge in [-0.1, -0.05) is 13.0 Å². The number of nitriles is 1. The molecule has 0 radical (unpaired) electrons. The number of anilines is 2. The van der Waals surface area contributed by atoms with Crippen molar-refractivity contribution in [3.05, 3.63) is 46.9 Å². The summed E-state index contributed by atoms with van der Waals surface area (Å²) in [5.41, 5.74) is 5.91. The highest BCUT2D eigenvalue weighted by atomic mass is 15.2. The molecular formula is C21H23N5. The molecule has 0 bridgehead atoms. The Morgan fingerprint density at radius 2 is 2.12 bits per heavy atom. The molecule has 1 aromatic carbocycles. The number of nitrogens with zero attached hydrogens (tertiary/aromatic N) is 4. The highest BCUT2D eigenvalue weighted by Gasteiger charge is 2.43. The van der Waals surface area contributed by atoms with Crippen LogP contribution in [0.4, 0.5) is 11.5 Å². The summed E-state index contributed by atoms with van der Waals surface area (Å²) in [5, 5.41) is 13.1. The summed E-state index contributed by atoms with van der Waals surface area (Å²) in [6.07, 6.45) is 6.10. The molecule has 5 heteroatoms. The predicted molar refractivity (Wildman–Crippen MR) is 102 cm³/mol. The second-order valence-corrected chi connectivity index (χ2v) is 7.96. The van der Waals surface area contributed by atoms with E-state index in [2.05, 4.69) is 39.2 Å². The molecule has 3 heterocycles. The zero-order valence-corrected chi connectivity index (χ0v) is 15.1. The molecule has 5 rings (SSSR count). The van der Waals surface area contributed by atoms with Crippen LogP contribution in [0, 0.1) is 11.3 Å². The van der Waals surface area contributed by atoms with E-state index in [9.17, 15) is 5.26 Å². The average Bonchev–Trinajstić information content (AvgIpc) is 3.24. The van der Waals surface area contributed by atoms with Crippen LogP contribution >= 0.6 is 0 Å². The number of hydrogen-bond donors (Lipinski definition) is 1. The largest absolute Gasteiger partial charge is 0.384 e. The van der Waals surface area contributed by atoms with Crippen LogP contribution < -0.4 is 10.2 Å². The third-order valence-electron chi connectivity index (χ3n) is 6.60. The van der Waals surface area contributed by atoms with Gasteiger partial charge in [-0.05, 0) is 43.7 Å². The van der Waals surface area contributed by atoms with Gasteiger partial charge in [-0.15, -0.1) is 0 Å². The van der Waals surface area contributed by atoms with Gasteiger partial charge in [-0.3, -0.25) is 0 Å². The van der Waals surface area contributed by atoms with Crippen molar-refractivity contribution in [1.82, 2.24) is 9.97 Å². The smallest absolute Gasteiger partial charge is 0.135 e. The van der Waals surface area contributed by atoms with E-state index in [1.54, 1.807) is 6.33 Å².